The molecule has 2 aromatic rings. The summed E-state index contributed by atoms with van der Waals surface area (Å²) < 4.78 is 58.2. The van der Waals surface area contributed by atoms with Gasteiger partial charge in [-0.25, -0.2) is 17.2 Å². The van der Waals surface area contributed by atoms with E-state index in [1.807, 2.05) is 0 Å². The van der Waals surface area contributed by atoms with Crippen LogP contribution in [0.4, 0.5) is 8.78 Å². The van der Waals surface area contributed by atoms with Crippen molar-refractivity contribution in [3.63, 3.8) is 0 Å². The normalized spacial score (nSPS) is 11.5. The van der Waals surface area contributed by atoms with Crippen LogP contribution in [0.5, 0.6) is 0 Å². The van der Waals surface area contributed by atoms with Gasteiger partial charge in [0.2, 0.25) is 10.0 Å². The lowest BCUT2D eigenvalue weighted by molar-refractivity contribution is -0.143. The highest BCUT2D eigenvalue weighted by Gasteiger charge is 2.26. The second kappa shape index (κ2) is 8.86. The van der Waals surface area contributed by atoms with Gasteiger partial charge in [0.15, 0.2) is 11.6 Å². The van der Waals surface area contributed by atoms with Gasteiger partial charge < -0.3 is 4.74 Å². The van der Waals surface area contributed by atoms with Crippen LogP contribution >= 0.6 is 0 Å². The van der Waals surface area contributed by atoms with Gasteiger partial charge >= 0.3 is 5.97 Å². The molecule has 0 spiro atoms. The fourth-order valence-electron chi connectivity index (χ4n) is 2.31. The SMILES string of the molecule is CCOC(=O)CCN(Cc1ccccc1)S(=O)(=O)c1ccc(F)c(F)c1. The first-order valence-corrected chi connectivity index (χ1v) is 9.43. The molecule has 0 aliphatic rings. The molecule has 140 valence electrons. The van der Waals surface area contributed by atoms with E-state index in [-0.39, 0.29) is 31.0 Å². The van der Waals surface area contributed by atoms with E-state index in [4.69, 9.17) is 4.74 Å². The number of benzene rings is 2. The molecule has 26 heavy (non-hydrogen) atoms. The van der Waals surface area contributed by atoms with E-state index in [1.165, 1.54) is 0 Å². The van der Waals surface area contributed by atoms with Crippen LogP contribution in [0.15, 0.2) is 53.4 Å². The largest absolute Gasteiger partial charge is 0.466 e. The molecule has 0 aromatic heterocycles. The summed E-state index contributed by atoms with van der Waals surface area (Å²) in [5.41, 5.74) is 0.697. The van der Waals surface area contributed by atoms with E-state index in [2.05, 4.69) is 0 Å². The number of esters is 1. The number of nitrogens with zero attached hydrogens (tertiary/aromatic N) is 1. The summed E-state index contributed by atoms with van der Waals surface area (Å²) >= 11 is 0. The van der Waals surface area contributed by atoms with E-state index in [1.54, 1.807) is 37.3 Å². The number of hydrogen-bond acceptors (Lipinski definition) is 4. The molecule has 0 radical (unpaired) electrons. The lowest BCUT2D eigenvalue weighted by Crippen LogP contribution is -2.33. The Kier molecular flexibility index (Phi) is 6.82. The molecule has 0 heterocycles. The van der Waals surface area contributed by atoms with Gasteiger partial charge in [-0.2, -0.15) is 4.31 Å². The Balaban J connectivity index is 2.30. The van der Waals surface area contributed by atoms with Crippen LogP contribution in [0.25, 0.3) is 0 Å². The molecule has 0 aliphatic heterocycles. The van der Waals surface area contributed by atoms with Crippen molar-refractivity contribution in [3.8, 4) is 0 Å². The summed E-state index contributed by atoms with van der Waals surface area (Å²) in [5, 5.41) is 0. The van der Waals surface area contributed by atoms with Crippen LogP contribution in [0, 0.1) is 11.6 Å². The van der Waals surface area contributed by atoms with Gasteiger partial charge in [-0.15, -0.1) is 0 Å². The number of rotatable bonds is 8. The minimum Gasteiger partial charge on any atom is -0.466 e. The average molecular weight is 383 g/mol. The van der Waals surface area contributed by atoms with Gasteiger partial charge in [-0.05, 0) is 30.7 Å². The van der Waals surface area contributed by atoms with Gasteiger partial charge in [0, 0.05) is 13.1 Å². The topological polar surface area (TPSA) is 63.7 Å². The quantitative estimate of drug-likeness (QED) is 0.657. The van der Waals surface area contributed by atoms with Gasteiger partial charge in [-0.3, -0.25) is 4.79 Å². The van der Waals surface area contributed by atoms with Gasteiger partial charge in [0.25, 0.3) is 0 Å². The molecule has 0 fully saturated rings. The van der Waals surface area contributed by atoms with Crippen LogP contribution in [0.1, 0.15) is 18.9 Å². The smallest absolute Gasteiger partial charge is 0.307 e. The molecule has 0 N–H and O–H groups in total. The second-order valence-corrected chi connectivity index (χ2v) is 7.39. The maximum Gasteiger partial charge on any atom is 0.307 e. The standard InChI is InChI=1S/C18H19F2NO4S/c1-2-25-18(22)10-11-21(13-14-6-4-3-5-7-14)26(23,24)15-8-9-16(19)17(20)12-15/h3-9,12H,2,10-11,13H2,1H3. The highest BCUT2D eigenvalue weighted by atomic mass is 32.2. The second-order valence-electron chi connectivity index (χ2n) is 5.46. The number of carbonyl (C=O) groups excluding carboxylic acids is 1. The molecular weight excluding hydrogens is 364 g/mol. The first-order valence-electron chi connectivity index (χ1n) is 7.99. The molecule has 0 amide bonds. The molecule has 0 bridgehead atoms. The van der Waals surface area contributed by atoms with Crippen molar-refractivity contribution in [2.45, 2.75) is 24.8 Å². The van der Waals surface area contributed by atoms with E-state index >= 15 is 0 Å². The van der Waals surface area contributed by atoms with Crippen LogP contribution in [0.2, 0.25) is 0 Å². The lowest BCUT2D eigenvalue weighted by atomic mass is 10.2. The van der Waals surface area contributed by atoms with Crippen LogP contribution < -0.4 is 0 Å². The first kappa shape index (κ1) is 20.0. The predicted molar refractivity (Wildman–Crippen MR) is 91.6 cm³/mol. The van der Waals surface area contributed by atoms with Crippen molar-refractivity contribution in [3.05, 3.63) is 65.7 Å². The molecule has 0 saturated heterocycles. The van der Waals surface area contributed by atoms with Gasteiger partial charge in [0.05, 0.1) is 17.9 Å². The first-order chi connectivity index (χ1) is 12.3. The molecular formula is C18H19F2NO4S. The Hall–Kier alpha value is -2.32. The minimum atomic E-state index is -4.13. The van der Waals surface area contributed by atoms with Crippen LogP contribution in [0.3, 0.4) is 0 Å². The van der Waals surface area contributed by atoms with Crippen molar-refractivity contribution < 1.29 is 26.7 Å². The summed E-state index contributed by atoms with van der Waals surface area (Å²) in [6, 6.07) is 11.1. The van der Waals surface area contributed by atoms with Crippen molar-refractivity contribution in [2.75, 3.05) is 13.2 Å². The molecule has 0 atom stereocenters. The minimum absolute atomic E-state index is 0.0123. The Labute approximate surface area is 151 Å². The third-order valence-corrected chi connectivity index (χ3v) is 5.44. The van der Waals surface area contributed by atoms with E-state index in [0.29, 0.717) is 11.6 Å². The van der Waals surface area contributed by atoms with Gasteiger partial charge in [-0.1, -0.05) is 30.3 Å². The molecule has 2 rings (SSSR count). The van der Waals surface area contributed by atoms with Crippen molar-refractivity contribution in [1.82, 2.24) is 4.31 Å². The summed E-state index contributed by atoms with van der Waals surface area (Å²) in [6.45, 7) is 1.68. The van der Waals surface area contributed by atoms with E-state index in [9.17, 15) is 22.0 Å². The maximum absolute atomic E-state index is 13.5. The van der Waals surface area contributed by atoms with Crippen molar-refractivity contribution in [1.29, 1.82) is 0 Å². The molecule has 0 unspecified atom stereocenters. The van der Waals surface area contributed by atoms with Crippen molar-refractivity contribution >= 4 is 16.0 Å². The summed E-state index contributed by atoms with van der Waals surface area (Å²) in [7, 11) is -4.13. The highest BCUT2D eigenvalue weighted by Crippen LogP contribution is 2.21. The zero-order valence-corrected chi connectivity index (χ0v) is 15.0. The Bertz CT molecular complexity index is 857. The Morgan fingerprint density at radius 3 is 2.38 bits per heavy atom. The molecule has 0 saturated carbocycles. The predicted octanol–water partition coefficient (Wildman–Crippen LogP) is 3.11. The number of hydrogen-bond donors (Lipinski definition) is 0. The molecule has 0 aliphatic carbocycles. The van der Waals surface area contributed by atoms with Gasteiger partial charge in [0.1, 0.15) is 0 Å². The lowest BCUT2D eigenvalue weighted by Gasteiger charge is -2.22. The highest BCUT2D eigenvalue weighted by molar-refractivity contribution is 7.89. The fourth-order valence-corrected chi connectivity index (χ4v) is 3.75. The number of carbonyl (C=O) groups is 1. The molecule has 2 aromatic carbocycles. The zero-order valence-electron chi connectivity index (χ0n) is 14.2. The average Bonchev–Trinajstić information content (AvgIpc) is 2.61. The monoisotopic (exact) mass is 383 g/mol. The van der Waals surface area contributed by atoms with E-state index < -0.39 is 27.6 Å². The number of sulfonamides is 1. The van der Waals surface area contributed by atoms with E-state index in [0.717, 1.165) is 16.4 Å². The van der Waals surface area contributed by atoms with Crippen LogP contribution in [-0.2, 0) is 26.1 Å². The fraction of sp³-hybridized carbons (Fsp3) is 0.278. The number of halogens is 2. The summed E-state index contributed by atoms with van der Waals surface area (Å²) in [4.78, 5) is 11.2. The molecule has 8 heteroatoms. The Morgan fingerprint density at radius 2 is 1.77 bits per heavy atom. The zero-order chi connectivity index (χ0) is 19.2. The molecule has 5 nitrogen and oxygen atoms in total. The third kappa shape index (κ3) is 5.09. The Morgan fingerprint density at radius 1 is 1.08 bits per heavy atom. The maximum atomic E-state index is 13.5. The van der Waals surface area contributed by atoms with Crippen LogP contribution in [-0.4, -0.2) is 31.8 Å². The summed E-state index contributed by atoms with van der Waals surface area (Å²) in [6.07, 6.45) is -0.149. The summed E-state index contributed by atoms with van der Waals surface area (Å²) in [5.74, 6) is -2.92. The third-order valence-electron chi connectivity index (χ3n) is 3.60. The van der Waals surface area contributed by atoms with Crippen molar-refractivity contribution in [2.24, 2.45) is 0 Å². The number of ether oxygens (including phenoxy) is 1.